The molecule has 3 rings (SSSR count). The summed E-state index contributed by atoms with van der Waals surface area (Å²) in [4.78, 5) is 2.17. The Hall–Kier alpha value is -1.62. The van der Waals surface area contributed by atoms with E-state index in [9.17, 15) is 9.50 Å². The predicted octanol–water partition coefficient (Wildman–Crippen LogP) is 3.90. The van der Waals surface area contributed by atoms with E-state index in [1.807, 2.05) is 12.1 Å². The number of benzene rings is 2. The molecule has 0 fully saturated rings. The third-order valence-corrected chi connectivity index (χ3v) is 5.07. The SMILES string of the molecule is CNCC(O)C(c1cc(F)cc(Cl)c1)N1CC(C)(C)c2ccccc21. The summed E-state index contributed by atoms with van der Waals surface area (Å²) < 4.78 is 14.0. The number of fused-ring (bicyclic) bond motifs is 1. The average molecular weight is 363 g/mol. The predicted molar refractivity (Wildman–Crippen MR) is 101 cm³/mol. The zero-order chi connectivity index (χ0) is 18.2. The lowest BCUT2D eigenvalue weighted by Gasteiger charge is -2.35. The van der Waals surface area contributed by atoms with E-state index in [1.165, 1.54) is 17.7 Å². The molecule has 2 atom stereocenters. The molecule has 0 spiro atoms. The van der Waals surface area contributed by atoms with Gasteiger partial charge in [0.25, 0.3) is 0 Å². The first-order valence-corrected chi connectivity index (χ1v) is 8.86. The molecule has 134 valence electrons. The smallest absolute Gasteiger partial charge is 0.125 e. The number of nitrogens with one attached hydrogen (secondary N) is 1. The maximum Gasteiger partial charge on any atom is 0.125 e. The van der Waals surface area contributed by atoms with Gasteiger partial charge >= 0.3 is 0 Å². The van der Waals surface area contributed by atoms with Gasteiger partial charge in [-0.3, -0.25) is 0 Å². The summed E-state index contributed by atoms with van der Waals surface area (Å²) >= 11 is 6.08. The minimum Gasteiger partial charge on any atom is -0.389 e. The summed E-state index contributed by atoms with van der Waals surface area (Å²) in [7, 11) is 1.79. The Kier molecular flexibility index (Phi) is 5.05. The van der Waals surface area contributed by atoms with Gasteiger partial charge in [0.2, 0.25) is 0 Å². The lowest BCUT2D eigenvalue weighted by molar-refractivity contribution is 0.140. The normalized spacial score (nSPS) is 18.1. The second kappa shape index (κ2) is 6.94. The molecule has 0 bridgehead atoms. The van der Waals surface area contributed by atoms with Crippen molar-refractivity contribution < 1.29 is 9.50 Å². The van der Waals surface area contributed by atoms with E-state index in [1.54, 1.807) is 13.1 Å². The maximum atomic E-state index is 14.0. The summed E-state index contributed by atoms with van der Waals surface area (Å²) in [5.41, 5.74) is 2.94. The fraction of sp³-hybridized carbons (Fsp3) is 0.400. The first-order chi connectivity index (χ1) is 11.8. The molecule has 0 aliphatic carbocycles. The highest BCUT2D eigenvalue weighted by molar-refractivity contribution is 6.30. The Morgan fingerprint density at radius 3 is 2.68 bits per heavy atom. The molecule has 0 saturated heterocycles. The van der Waals surface area contributed by atoms with Crippen molar-refractivity contribution in [2.75, 3.05) is 25.0 Å². The molecule has 1 heterocycles. The van der Waals surface area contributed by atoms with Crippen LogP contribution >= 0.6 is 11.6 Å². The Bertz CT molecular complexity index is 745. The Balaban J connectivity index is 2.10. The van der Waals surface area contributed by atoms with E-state index in [0.29, 0.717) is 17.1 Å². The summed E-state index contributed by atoms with van der Waals surface area (Å²) in [5.74, 6) is -0.393. The van der Waals surface area contributed by atoms with E-state index >= 15 is 0 Å². The fourth-order valence-corrected chi connectivity index (χ4v) is 4.05. The topological polar surface area (TPSA) is 35.5 Å². The third-order valence-electron chi connectivity index (χ3n) is 4.85. The van der Waals surface area contributed by atoms with Gasteiger partial charge in [-0.1, -0.05) is 43.6 Å². The molecule has 0 aromatic heterocycles. The molecular formula is C20H24ClFN2O. The Labute approximate surface area is 153 Å². The van der Waals surface area contributed by atoms with Crippen LogP contribution in [0.2, 0.25) is 5.02 Å². The highest BCUT2D eigenvalue weighted by Crippen LogP contribution is 2.45. The van der Waals surface area contributed by atoms with Crippen molar-refractivity contribution in [1.29, 1.82) is 0 Å². The van der Waals surface area contributed by atoms with Gasteiger partial charge in [-0.25, -0.2) is 4.39 Å². The molecule has 0 amide bonds. The van der Waals surface area contributed by atoms with E-state index < -0.39 is 11.9 Å². The van der Waals surface area contributed by atoms with Crippen molar-refractivity contribution in [3.8, 4) is 0 Å². The van der Waals surface area contributed by atoms with Gasteiger partial charge in [-0.15, -0.1) is 0 Å². The zero-order valence-electron chi connectivity index (χ0n) is 14.8. The Morgan fingerprint density at radius 1 is 1.28 bits per heavy atom. The number of aliphatic hydroxyl groups excluding tert-OH is 1. The minimum atomic E-state index is -0.704. The molecule has 2 aromatic carbocycles. The van der Waals surface area contributed by atoms with Crippen LogP contribution < -0.4 is 10.2 Å². The number of aliphatic hydroxyl groups is 1. The number of halogens is 2. The standard InChI is InChI=1S/C20H24ClFN2O/c1-20(2)12-24(17-7-5-4-6-16(17)20)19(18(25)11-23-3)13-8-14(21)10-15(22)9-13/h4-10,18-19,23,25H,11-12H2,1-3H3. The number of hydrogen-bond acceptors (Lipinski definition) is 3. The lowest BCUT2D eigenvalue weighted by Crippen LogP contribution is -2.42. The molecule has 25 heavy (non-hydrogen) atoms. The second-order valence-electron chi connectivity index (χ2n) is 7.30. The van der Waals surface area contributed by atoms with Gasteiger partial charge in [0, 0.05) is 29.2 Å². The van der Waals surface area contributed by atoms with Gasteiger partial charge < -0.3 is 15.3 Å². The maximum absolute atomic E-state index is 14.0. The first-order valence-electron chi connectivity index (χ1n) is 8.48. The molecular weight excluding hydrogens is 339 g/mol. The van der Waals surface area contributed by atoms with E-state index in [0.717, 1.165) is 12.2 Å². The lowest BCUT2D eigenvalue weighted by atomic mass is 9.87. The zero-order valence-corrected chi connectivity index (χ0v) is 15.5. The van der Waals surface area contributed by atoms with E-state index in [4.69, 9.17) is 11.6 Å². The van der Waals surface area contributed by atoms with Crippen LogP contribution in [-0.4, -0.2) is 31.3 Å². The van der Waals surface area contributed by atoms with Crippen molar-refractivity contribution in [1.82, 2.24) is 5.32 Å². The van der Waals surface area contributed by atoms with Crippen LogP contribution in [0.15, 0.2) is 42.5 Å². The molecule has 3 nitrogen and oxygen atoms in total. The number of nitrogens with zero attached hydrogens (tertiary/aromatic N) is 1. The fourth-order valence-electron chi connectivity index (χ4n) is 3.82. The van der Waals surface area contributed by atoms with Crippen LogP contribution in [0.25, 0.3) is 0 Å². The minimum absolute atomic E-state index is 0.0503. The summed E-state index contributed by atoms with van der Waals surface area (Å²) in [6.45, 7) is 5.52. The second-order valence-corrected chi connectivity index (χ2v) is 7.74. The van der Waals surface area contributed by atoms with Crippen LogP contribution in [0.5, 0.6) is 0 Å². The van der Waals surface area contributed by atoms with Crippen molar-refractivity contribution in [2.45, 2.75) is 31.4 Å². The monoisotopic (exact) mass is 362 g/mol. The summed E-state index contributed by atoms with van der Waals surface area (Å²) in [6.07, 6.45) is -0.704. The van der Waals surface area contributed by atoms with Crippen molar-refractivity contribution >= 4 is 17.3 Å². The van der Waals surface area contributed by atoms with E-state index in [2.05, 4.69) is 36.2 Å². The van der Waals surface area contributed by atoms with Gasteiger partial charge in [0.15, 0.2) is 0 Å². The van der Waals surface area contributed by atoms with Crippen molar-refractivity contribution in [2.24, 2.45) is 0 Å². The van der Waals surface area contributed by atoms with Gasteiger partial charge in [0.05, 0.1) is 12.1 Å². The highest BCUT2D eigenvalue weighted by Gasteiger charge is 2.40. The number of likely N-dealkylation sites (N-methyl/N-ethyl adjacent to an activating group) is 1. The molecule has 1 aliphatic heterocycles. The quantitative estimate of drug-likeness (QED) is 0.846. The highest BCUT2D eigenvalue weighted by atomic mass is 35.5. The third kappa shape index (κ3) is 3.52. The van der Waals surface area contributed by atoms with Crippen LogP contribution in [0.1, 0.15) is 31.0 Å². The van der Waals surface area contributed by atoms with Gasteiger partial charge in [-0.2, -0.15) is 0 Å². The molecule has 5 heteroatoms. The molecule has 2 unspecified atom stereocenters. The first kappa shape index (κ1) is 18.2. The number of hydrogen-bond donors (Lipinski definition) is 2. The van der Waals surface area contributed by atoms with Crippen molar-refractivity contribution in [3.05, 3.63) is 64.4 Å². The largest absolute Gasteiger partial charge is 0.389 e. The number of anilines is 1. The van der Waals surface area contributed by atoms with Crippen LogP contribution in [0.4, 0.5) is 10.1 Å². The molecule has 2 aromatic rings. The number of rotatable bonds is 5. The number of para-hydroxylation sites is 1. The molecule has 0 saturated carbocycles. The summed E-state index contributed by atoms with van der Waals surface area (Å²) in [5, 5.41) is 14.2. The summed E-state index contributed by atoms with van der Waals surface area (Å²) in [6, 6.07) is 12.3. The average Bonchev–Trinajstić information content (AvgIpc) is 2.79. The molecule has 2 N–H and O–H groups in total. The van der Waals surface area contributed by atoms with Crippen LogP contribution in [0.3, 0.4) is 0 Å². The van der Waals surface area contributed by atoms with Crippen LogP contribution in [-0.2, 0) is 5.41 Å². The van der Waals surface area contributed by atoms with Gasteiger partial charge in [0.1, 0.15) is 5.82 Å². The molecule has 0 radical (unpaired) electrons. The van der Waals surface area contributed by atoms with E-state index in [-0.39, 0.29) is 11.5 Å². The van der Waals surface area contributed by atoms with Crippen LogP contribution in [0, 0.1) is 5.82 Å². The Morgan fingerprint density at radius 2 is 2.00 bits per heavy atom. The van der Waals surface area contributed by atoms with Gasteiger partial charge in [-0.05, 0) is 42.4 Å². The molecule has 1 aliphatic rings. The van der Waals surface area contributed by atoms with Crippen molar-refractivity contribution in [3.63, 3.8) is 0 Å².